The van der Waals surface area contributed by atoms with E-state index in [1.807, 2.05) is 12.1 Å². The highest BCUT2D eigenvalue weighted by Crippen LogP contribution is 2.24. The van der Waals surface area contributed by atoms with Crippen LogP contribution in [0.25, 0.3) is 0 Å². The van der Waals surface area contributed by atoms with E-state index in [4.69, 9.17) is 13.7 Å². The van der Waals surface area contributed by atoms with Gasteiger partial charge in [-0.15, -0.1) is 0 Å². The summed E-state index contributed by atoms with van der Waals surface area (Å²) in [6, 6.07) is 20.5. The Morgan fingerprint density at radius 1 is 0.806 bits per heavy atom. The molecule has 3 aromatic carbocycles. The highest BCUT2D eigenvalue weighted by atomic mass is 32.2. The van der Waals surface area contributed by atoms with E-state index in [2.05, 4.69) is 0 Å². The van der Waals surface area contributed by atoms with Crippen LogP contribution in [-0.2, 0) is 15.6 Å². The predicted molar refractivity (Wildman–Crippen MR) is 116 cm³/mol. The number of ether oxygens (including phenoxy) is 2. The van der Waals surface area contributed by atoms with Gasteiger partial charge >= 0.3 is 11.9 Å². The molecular weight excluding hydrogens is 416 g/mol. The van der Waals surface area contributed by atoms with E-state index in [1.54, 1.807) is 48.5 Å². The molecule has 158 valence electrons. The van der Waals surface area contributed by atoms with Crippen molar-refractivity contribution in [2.45, 2.75) is 25.3 Å². The molecule has 7 heteroatoms. The van der Waals surface area contributed by atoms with Crippen LogP contribution in [0.15, 0.2) is 77.7 Å². The van der Waals surface area contributed by atoms with Crippen LogP contribution in [0.1, 0.15) is 40.1 Å². The fourth-order valence-electron chi connectivity index (χ4n) is 2.61. The van der Waals surface area contributed by atoms with Gasteiger partial charge in [0.2, 0.25) is 0 Å². The molecule has 0 heterocycles. The molecule has 0 aliphatic heterocycles. The maximum Gasteiger partial charge on any atom is 0.347 e. The van der Waals surface area contributed by atoms with Crippen LogP contribution in [0.4, 0.5) is 0 Å². The number of hydrogen-bond acceptors (Lipinski definition) is 7. The molecule has 0 saturated carbocycles. The van der Waals surface area contributed by atoms with Crippen molar-refractivity contribution in [1.29, 1.82) is 0 Å². The van der Waals surface area contributed by atoms with Crippen molar-refractivity contribution < 1.29 is 28.0 Å². The van der Waals surface area contributed by atoms with Gasteiger partial charge in [-0.3, -0.25) is 9.59 Å². The molecule has 0 bridgehead atoms. The molecule has 0 aliphatic carbocycles. The summed E-state index contributed by atoms with van der Waals surface area (Å²) in [6.07, 6.45) is 0. The summed E-state index contributed by atoms with van der Waals surface area (Å²) < 4.78 is 16.0. The molecule has 3 rings (SSSR count). The third-order valence-electron chi connectivity index (χ3n) is 4.14. The molecule has 0 N–H and O–H groups in total. The van der Waals surface area contributed by atoms with Gasteiger partial charge in [-0.1, -0.05) is 36.4 Å². The first-order valence-electron chi connectivity index (χ1n) is 9.41. The summed E-state index contributed by atoms with van der Waals surface area (Å²) in [5.41, 5.74) is 1.72. The van der Waals surface area contributed by atoms with Crippen molar-refractivity contribution in [3.8, 4) is 11.5 Å². The topological polar surface area (TPSA) is 78.9 Å². The molecule has 0 aliphatic rings. The highest BCUT2D eigenvalue weighted by Gasteiger charge is 2.15. The zero-order chi connectivity index (χ0) is 22.2. The maximum absolute atomic E-state index is 12.4. The van der Waals surface area contributed by atoms with Crippen LogP contribution in [0, 0.1) is 0 Å². The zero-order valence-corrected chi connectivity index (χ0v) is 17.8. The minimum Gasteiger partial charge on any atom is -0.426 e. The molecule has 0 radical (unpaired) electrons. The van der Waals surface area contributed by atoms with Crippen molar-refractivity contribution in [3.05, 3.63) is 89.5 Å². The average Bonchev–Trinajstić information content (AvgIpc) is 2.75. The lowest BCUT2D eigenvalue weighted by Crippen LogP contribution is -2.12. The summed E-state index contributed by atoms with van der Waals surface area (Å²) in [6.45, 7) is 3.14. The van der Waals surface area contributed by atoms with Crippen molar-refractivity contribution >= 4 is 29.8 Å². The Bertz CT molecular complexity index is 1070. The van der Waals surface area contributed by atoms with E-state index in [0.717, 1.165) is 10.5 Å². The maximum atomic E-state index is 12.4. The van der Waals surface area contributed by atoms with Gasteiger partial charge < -0.3 is 13.7 Å². The van der Waals surface area contributed by atoms with Gasteiger partial charge in [0.25, 0.3) is 0 Å². The Morgan fingerprint density at radius 2 is 1.48 bits per heavy atom. The van der Waals surface area contributed by atoms with E-state index >= 15 is 0 Å². The first-order chi connectivity index (χ1) is 14.9. The second-order valence-electron chi connectivity index (χ2n) is 6.55. The molecule has 0 amide bonds. The molecule has 0 aromatic heterocycles. The van der Waals surface area contributed by atoms with Gasteiger partial charge in [-0.25, -0.2) is 4.79 Å². The van der Waals surface area contributed by atoms with E-state index in [1.165, 1.54) is 38.0 Å². The number of benzene rings is 3. The fraction of sp³-hybridized carbons (Fsp3) is 0.125. The highest BCUT2D eigenvalue weighted by molar-refractivity contribution is 7.94. The van der Waals surface area contributed by atoms with Gasteiger partial charge in [0.1, 0.15) is 17.1 Å². The van der Waals surface area contributed by atoms with Crippen molar-refractivity contribution in [1.82, 2.24) is 0 Å². The van der Waals surface area contributed by atoms with Gasteiger partial charge in [0, 0.05) is 29.4 Å². The Balaban J connectivity index is 1.54. The summed E-state index contributed by atoms with van der Waals surface area (Å²) in [5.74, 6) is -0.604. The van der Waals surface area contributed by atoms with E-state index in [-0.39, 0.29) is 17.1 Å². The van der Waals surface area contributed by atoms with E-state index in [0.29, 0.717) is 17.9 Å². The molecule has 31 heavy (non-hydrogen) atoms. The lowest BCUT2D eigenvalue weighted by Gasteiger charge is -2.09. The summed E-state index contributed by atoms with van der Waals surface area (Å²) in [7, 11) is 0. The molecule has 0 unspecified atom stereocenters. The normalized spacial score (nSPS) is 10.4. The number of carbonyl (C=O) groups is 3. The third-order valence-corrected chi connectivity index (χ3v) is 4.84. The fourth-order valence-corrected chi connectivity index (χ4v) is 3.18. The van der Waals surface area contributed by atoms with Gasteiger partial charge in [-0.2, -0.15) is 0 Å². The molecule has 0 atom stereocenters. The monoisotopic (exact) mass is 436 g/mol. The van der Waals surface area contributed by atoms with Crippen LogP contribution in [0.2, 0.25) is 0 Å². The lowest BCUT2D eigenvalue weighted by atomic mass is 10.2. The predicted octanol–water partition coefficient (Wildman–Crippen LogP) is 5.26. The van der Waals surface area contributed by atoms with Crippen LogP contribution < -0.4 is 9.47 Å². The third kappa shape index (κ3) is 6.53. The lowest BCUT2D eigenvalue weighted by molar-refractivity contribution is -0.131. The second-order valence-corrected chi connectivity index (χ2v) is 7.42. The number of Topliss-reactive ketones (excluding diaryl/α,β-unsaturated/α-hetero) is 1. The van der Waals surface area contributed by atoms with Crippen LogP contribution in [0.5, 0.6) is 11.5 Å². The smallest absolute Gasteiger partial charge is 0.347 e. The van der Waals surface area contributed by atoms with Gasteiger partial charge in [0.15, 0.2) is 5.78 Å². The van der Waals surface area contributed by atoms with Crippen molar-refractivity contribution in [3.63, 3.8) is 0 Å². The van der Waals surface area contributed by atoms with Crippen molar-refractivity contribution in [2.24, 2.45) is 0 Å². The Hall–Kier alpha value is -3.42. The van der Waals surface area contributed by atoms with E-state index in [9.17, 15) is 14.4 Å². The molecule has 0 saturated heterocycles. The first-order valence-corrected chi connectivity index (χ1v) is 10.2. The Labute approximate surface area is 184 Å². The standard InChI is InChI=1S/C24H20O6S/c1-16(25)19-9-13-21(14-10-19)31-28-15-18-7-11-20(12-8-18)30-24(27)22-5-3-4-6-23(22)29-17(2)26/h3-14H,15H2,1-2H3. The van der Waals surface area contributed by atoms with Crippen molar-refractivity contribution in [2.75, 3.05) is 0 Å². The van der Waals surface area contributed by atoms with Crippen LogP contribution >= 0.6 is 12.0 Å². The molecule has 6 nitrogen and oxygen atoms in total. The zero-order valence-electron chi connectivity index (χ0n) is 17.0. The second kappa shape index (κ2) is 10.6. The number of para-hydroxylation sites is 1. The minimum atomic E-state index is -0.620. The number of ketones is 1. The average molecular weight is 436 g/mol. The van der Waals surface area contributed by atoms with Crippen LogP contribution in [0.3, 0.4) is 0 Å². The molecule has 0 fully saturated rings. The number of rotatable bonds is 8. The number of carbonyl (C=O) groups excluding carboxylic acids is 3. The summed E-state index contributed by atoms with van der Waals surface area (Å²) in [5, 5.41) is 0. The van der Waals surface area contributed by atoms with E-state index < -0.39 is 11.9 Å². The summed E-state index contributed by atoms with van der Waals surface area (Å²) >= 11 is 1.22. The first kappa shape index (κ1) is 22.3. The minimum absolute atomic E-state index is 0.0214. The molecular formula is C24H20O6S. The molecule has 0 spiro atoms. The van der Waals surface area contributed by atoms with Gasteiger partial charge in [-0.05, 0) is 48.9 Å². The van der Waals surface area contributed by atoms with Gasteiger partial charge in [0.05, 0.1) is 6.61 Å². The SMILES string of the molecule is CC(=O)Oc1ccccc1C(=O)Oc1ccc(COSc2ccc(C(C)=O)cc2)cc1. The number of esters is 2. The number of hydrogen-bond donors (Lipinski definition) is 0. The Kier molecular flexibility index (Phi) is 7.59. The Morgan fingerprint density at radius 3 is 2.13 bits per heavy atom. The summed E-state index contributed by atoms with van der Waals surface area (Å²) in [4.78, 5) is 35.8. The quantitative estimate of drug-likeness (QED) is 0.206. The van der Waals surface area contributed by atoms with Crippen LogP contribution in [-0.4, -0.2) is 17.7 Å². The largest absolute Gasteiger partial charge is 0.426 e. The molecule has 3 aromatic rings.